The minimum absolute atomic E-state index is 0.644. The zero-order valence-corrected chi connectivity index (χ0v) is 11.6. The van der Waals surface area contributed by atoms with E-state index in [1.165, 1.54) is 5.56 Å². The van der Waals surface area contributed by atoms with Crippen LogP contribution in [0.15, 0.2) is 42.5 Å². The number of aromatic nitrogens is 2. The fraction of sp³-hybridized carbons (Fsp3) is 0.176. The zero-order chi connectivity index (χ0) is 14.1. The van der Waals surface area contributed by atoms with Crippen molar-refractivity contribution < 1.29 is 0 Å². The van der Waals surface area contributed by atoms with Crippen LogP contribution < -0.4 is 0 Å². The largest absolute Gasteiger partial charge is 0.327 e. The molecule has 0 spiro atoms. The Bertz CT molecular complexity index is 822. The van der Waals surface area contributed by atoms with Gasteiger partial charge in [-0.2, -0.15) is 5.26 Å². The molecule has 98 valence electrons. The Morgan fingerprint density at radius 3 is 2.75 bits per heavy atom. The third-order valence-corrected chi connectivity index (χ3v) is 3.65. The molecule has 0 bridgehead atoms. The van der Waals surface area contributed by atoms with Crippen molar-refractivity contribution in [1.29, 1.82) is 5.26 Å². The lowest BCUT2D eigenvalue weighted by Gasteiger charge is -2.07. The Balaban J connectivity index is 2.27. The molecular weight excluding hydrogens is 246 g/mol. The van der Waals surface area contributed by atoms with Crippen molar-refractivity contribution in [1.82, 2.24) is 9.55 Å². The first-order chi connectivity index (χ1) is 9.74. The summed E-state index contributed by atoms with van der Waals surface area (Å²) in [7, 11) is 2.02. The second-order valence-electron chi connectivity index (χ2n) is 4.82. The maximum atomic E-state index is 8.99. The molecule has 0 fully saturated rings. The summed E-state index contributed by atoms with van der Waals surface area (Å²) in [5.41, 5.74) is 5.00. The van der Waals surface area contributed by atoms with E-state index in [1.807, 2.05) is 31.3 Å². The van der Waals surface area contributed by atoms with Gasteiger partial charge in [0.05, 0.1) is 22.7 Å². The maximum absolute atomic E-state index is 8.99. The van der Waals surface area contributed by atoms with E-state index in [0.717, 1.165) is 28.8 Å². The summed E-state index contributed by atoms with van der Waals surface area (Å²) in [4.78, 5) is 4.71. The molecule has 0 aliphatic rings. The summed E-state index contributed by atoms with van der Waals surface area (Å²) in [5.74, 6) is 0.951. The van der Waals surface area contributed by atoms with Crippen molar-refractivity contribution in [3.63, 3.8) is 0 Å². The van der Waals surface area contributed by atoms with Crippen LogP contribution in [0.5, 0.6) is 0 Å². The summed E-state index contributed by atoms with van der Waals surface area (Å²) >= 11 is 0. The van der Waals surface area contributed by atoms with Crippen molar-refractivity contribution in [2.45, 2.75) is 13.3 Å². The van der Waals surface area contributed by atoms with Gasteiger partial charge in [0.1, 0.15) is 5.82 Å². The summed E-state index contributed by atoms with van der Waals surface area (Å²) in [6.45, 7) is 2.15. The molecule has 1 aromatic heterocycles. The van der Waals surface area contributed by atoms with Gasteiger partial charge in [-0.1, -0.05) is 31.2 Å². The van der Waals surface area contributed by atoms with Crippen molar-refractivity contribution in [3.8, 4) is 17.5 Å². The van der Waals surface area contributed by atoms with Gasteiger partial charge in [-0.25, -0.2) is 4.98 Å². The normalized spacial score (nSPS) is 10.7. The van der Waals surface area contributed by atoms with E-state index in [0.29, 0.717) is 5.56 Å². The van der Waals surface area contributed by atoms with Gasteiger partial charge in [0.25, 0.3) is 0 Å². The molecule has 3 aromatic rings. The van der Waals surface area contributed by atoms with Crippen LogP contribution in [0.3, 0.4) is 0 Å². The molecule has 2 aromatic carbocycles. The van der Waals surface area contributed by atoms with Gasteiger partial charge >= 0.3 is 0 Å². The summed E-state index contributed by atoms with van der Waals surface area (Å²) in [5, 5.41) is 8.99. The first-order valence-corrected chi connectivity index (χ1v) is 6.69. The molecule has 0 aliphatic carbocycles. The van der Waals surface area contributed by atoms with Crippen LogP contribution in [0.25, 0.3) is 22.4 Å². The standard InChI is InChI=1S/C17H15N3/c1-3-13-6-4-5-7-14(13)17-19-15-10-12(11-18)8-9-16(15)20(17)2/h4-10H,3H2,1-2H3. The smallest absolute Gasteiger partial charge is 0.141 e. The number of imidazole rings is 1. The van der Waals surface area contributed by atoms with Crippen molar-refractivity contribution in [2.24, 2.45) is 7.05 Å². The molecule has 0 atom stereocenters. The Labute approximate surface area is 118 Å². The van der Waals surface area contributed by atoms with Crippen LogP contribution in [0.4, 0.5) is 0 Å². The second-order valence-corrected chi connectivity index (χ2v) is 4.82. The molecule has 20 heavy (non-hydrogen) atoms. The Morgan fingerprint density at radius 1 is 1.20 bits per heavy atom. The van der Waals surface area contributed by atoms with Gasteiger partial charge in [-0.05, 0) is 30.2 Å². The Hall–Kier alpha value is -2.60. The zero-order valence-electron chi connectivity index (χ0n) is 11.6. The lowest BCUT2D eigenvalue weighted by atomic mass is 10.0. The van der Waals surface area contributed by atoms with Crippen LogP contribution in [-0.2, 0) is 13.5 Å². The van der Waals surface area contributed by atoms with Gasteiger partial charge < -0.3 is 4.57 Å². The third kappa shape index (κ3) is 1.86. The minimum Gasteiger partial charge on any atom is -0.327 e. The SMILES string of the molecule is CCc1ccccc1-c1nc2cc(C#N)ccc2n1C. The number of aryl methyl sites for hydroxylation is 2. The molecule has 0 radical (unpaired) electrons. The Morgan fingerprint density at radius 2 is 2.00 bits per heavy atom. The number of fused-ring (bicyclic) bond motifs is 1. The van der Waals surface area contributed by atoms with Gasteiger partial charge in [0.15, 0.2) is 0 Å². The van der Waals surface area contributed by atoms with Crippen LogP contribution in [0, 0.1) is 11.3 Å². The first-order valence-electron chi connectivity index (χ1n) is 6.69. The Kier molecular flexibility index (Phi) is 3.00. The number of hydrogen-bond acceptors (Lipinski definition) is 2. The molecule has 0 amide bonds. The summed E-state index contributed by atoms with van der Waals surface area (Å²) in [6, 6.07) is 16.1. The van der Waals surface area contributed by atoms with Gasteiger partial charge in [0.2, 0.25) is 0 Å². The predicted octanol–water partition coefficient (Wildman–Crippen LogP) is 3.67. The number of nitriles is 1. The molecule has 1 heterocycles. The van der Waals surface area contributed by atoms with Crippen LogP contribution >= 0.6 is 0 Å². The highest BCUT2D eigenvalue weighted by molar-refractivity contribution is 5.82. The molecule has 0 saturated carbocycles. The second kappa shape index (κ2) is 4.82. The number of nitrogens with zero attached hydrogens (tertiary/aromatic N) is 3. The molecule has 0 unspecified atom stereocenters. The lowest BCUT2D eigenvalue weighted by molar-refractivity contribution is 0.953. The van der Waals surface area contributed by atoms with Gasteiger partial charge in [0, 0.05) is 12.6 Å². The van der Waals surface area contributed by atoms with E-state index >= 15 is 0 Å². The minimum atomic E-state index is 0.644. The van der Waals surface area contributed by atoms with Crippen LogP contribution in [0.1, 0.15) is 18.1 Å². The average Bonchev–Trinajstić information content (AvgIpc) is 2.83. The van der Waals surface area contributed by atoms with Crippen molar-refractivity contribution in [3.05, 3.63) is 53.6 Å². The predicted molar refractivity (Wildman–Crippen MR) is 80.2 cm³/mol. The third-order valence-electron chi connectivity index (χ3n) is 3.65. The first kappa shape index (κ1) is 12.4. The van der Waals surface area contributed by atoms with E-state index in [1.54, 1.807) is 0 Å². The van der Waals surface area contributed by atoms with Crippen LogP contribution in [0.2, 0.25) is 0 Å². The topological polar surface area (TPSA) is 41.6 Å². The summed E-state index contributed by atoms with van der Waals surface area (Å²) in [6.07, 6.45) is 0.975. The molecule has 3 rings (SSSR count). The molecule has 0 N–H and O–H groups in total. The van der Waals surface area contributed by atoms with E-state index in [2.05, 4.69) is 35.8 Å². The highest BCUT2D eigenvalue weighted by Crippen LogP contribution is 2.27. The maximum Gasteiger partial charge on any atom is 0.141 e. The highest BCUT2D eigenvalue weighted by atomic mass is 15.1. The van der Waals surface area contributed by atoms with Crippen molar-refractivity contribution >= 4 is 11.0 Å². The van der Waals surface area contributed by atoms with Gasteiger partial charge in [-0.3, -0.25) is 0 Å². The lowest BCUT2D eigenvalue weighted by Crippen LogP contribution is -1.95. The quantitative estimate of drug-likeness (QED) is 0.706. The molecule has 0 saturated heterocycles. The van der Waals surface area contributed by atoms with E-state index in [9.17, 15) is 0 Å². The molecular formula is C17H15N3. The van der Waals surface area contributed by atoms with E-state index in [-0.39, 0.29) is 0 Å². The van der Waals surface area contributed by atoms with E-state index in [4.69, 9.17) is 10.2 Å². The van der Waals surface area contributed by atoms with Crippen molar-refractivity contribution in [2.75, 3.05) is 0 Å². The number of rotatable bonds is 2. The van der Waals surface area contributed by atoms with Gasteiger partial charge in [-0.15, -0.1) is 0 Å². The number of benzene rings is 2. The molecule has 3 nitrogen and oxygen atoms in total. The number of hydrogen-bond donors (Lipinski definition) is 0. The fourth-order valence-corrected chi connectivity index (χ4v) is 2.56. The highest BCUT2D eigenvalue weighted by Gasteiger charge is 2.12. The monoisotopic (exact) mass is 261 g/mol. The average molecular weight is 261 g/mol. The molecule has 0 aliphatic heterocycles. The van der Waals surface area contributed by atoms with E-state index < -0.39 is 0 Å². The fourth-order valence-electron chi connectivity index (χ4n) is 2.56. The summed E-state index contributed by atoms with van der Waals surface area (Å²) < 4.78 is 2.09. The molecule has 3 heteroatoms. The van der Waals surface area contributed by atoms with Crippen LogP contribution in [-0.4, -0.2) is 9.55 Å².